The molecule has 138 valence electrons. The predicted octanol–water partition coefficient (Wildman–Crippen LogP) is 2.79. The van der Waals surface area contributed by atoms with E-state index in [1.807, 2.05) is 34.6 Å². The number of hydrogen-bond acceptors (Lipinski definition) is 3. The van der Waals surface area contributed by atoms with Crippen LogP contribution in [0.15, 0.2) is 24.3 Å². The van der Waals surface area contributed by atoms with Crippen molar-refractivity contribution in [3.05, 3.63) is 35.4 Å². The molecule has 1 aromatic carbocycles. The van der Waals surface area contributed by atoms with Gasteiger partial charge in [-0.05, 0) is 43.0 Å². The minimum Gasteiger partial charge on any atom is -0.480 e. The fourth-order valence-corrected chi connectivity index (χ4v) is 2.17. The van der Waals surface area contributed by atoms with E-state index in [1.165, 1.54) is 4.90 Å². The van der Waals surface area contributed by atoms with Crippen LogP contribution in [0.4, 0.5) is 0 Å². The molecule has 0 fully saturated rings. The van der Waals surface area contributed by atoms with E-state index in [1.54, 1.807) is 24.3 Å². The summed E-state index contributed by atoms with van der Waals surface area (Å²) in [5, 5.41) is 11.9. The lowest BCUT2D eigenvalue weighted by atomic mass is 9.97. The molecule has 1 rings (SSSR count). The second-order valence-electron chi connectivity index (χ2n) is 7.40. The molecule has 0 heterocycles. The molecular weight excluding hydrogens is 320 g/mol. The van der Waals surface area contributed by atoms with Gasteiger partial charge in [0.1, 0.15) is 6.54 Å². The molecule has 0 aliphatic carbocycles. The smallest absolute Gasteiger partial charge is 0.323 e. The Labute approximate surface area is 149 Å². The average Bonchev–Trinajstić information content (AvgIpc) is 2.55. The van der Waals surface area contributed by atoms with Gasteiger partial charge in [0.2, 0.25) is 0 Å². The van der Waals surface area contributed by atoms with Gasteiger partial charge in [-0.25, -0.2) is 0 Å². The van der Waals surface area contributed by atoms with E-state index in [0.29, 0.717) is 24.1 Å². The standard InChI is InChI=1S/C19H28N2O4/c1-6-13(2)21(11-16(22)23)18(25)15-9-7-14(8-10-15)17(24)20-12-19(3,4)5/h7-10,13H,6,11-12H2,1-5H3,(H,20,24)(H,22,23). The van der Waals surface area contributed by atoms with E-state index in [9.17, 15) is 14.4 Å². The van der Waals surface area contributed by atoms with E-state index in [2.05, 4.69) is 5.32 Å². The van der Waals surface area contributed by atoms with Gasteiger partial charge in [-0.1, -0.05) is 27.7 Å². The Balaban J connectivity index is 2.87. The molecule has 0 aliphatic heterocycles. The van der Waals surface area contributed by atoms with Crippen LogP contribution in [0.1, 0.15) is 61.8 Å². The first-order chi connectivity index (χ1) is 11.5. The minimum absolute atomic E-state index is 0.0147. The number of benzene rings is 1. The van der Waals surface area contributed by atoms with Gasteiger partial charge in [0, 0.05) is 23.7 Å². The zero-order valence-corrected chi connectivity index (χ0v) is 15.6. The van der Waals surface area contributed by atoms with Crippen molar-refractivity contribution in [1.82, 2.24) is 10.2 Å². The fourth-order valence-electron chi connectivity index (χ4n) is 2.17. The summed E-state index contributed by atoms with van der Waals surface area (Å²) in [5.74, 6) is -1.59. The lowest BCUT2D eigenvalue weighted by molar-refractivity contribution is -0.138. The molecule has 25 heavy (non-hydrogen) atoms. The van der Waals surface area contributed by atoms with Gasteiger partial charge >= 0.3 is 5.97 Å². The normalized spacial score (nSPS) is 12.4. The van der Waals surface area contributed by atoms with Crippen LogP contribution < -0.4 is 5.32 Å². The first kappa shape index (κ1) is 20.7. The highest BCUT2D eigenvalue weighted by Gasteiger charge is 2.23. The number of nitrogens with zero attached hydrogens (tertiary/aromatic N) is 1. The molecule has 0 spiro atoms. The number of carboxylic acids is 1. The highest BCUT2D eigenvalue weighted by atomic mass is 16.4. The van der Waals surface area contributed by atoms with Crippen molar-refractivity contribution in [2.45, 2.75) is 47.1 Å². The van der Waals surface area contributed by atoms with Crippen molar-refractivity contribution in [2.24, 2.45) is 5.41 Å². The quantitative estimate of drug-likeness (QED) is 0.793. The summed E-state index contributed by atoms with van der Waals surface area (Å²) < 4.78 is 0. The van der Waals surface area contributed by atoms with Gasteiger partial charge in [0.25, 0.3) is 11.8 Å². The first-order valence-corrected chi connectivity index (χ1v) is 8.46. The van der Waals surface area contributed by atoms with Crippen molar-refractivity contribution >= 4 is 17.8 Å². The zero-order chi connectivity index (χ0) is 19.2. The molecule has 6 nitrogen and oxygen atoms in total. The molecule has 6 heteroatoms. The van der Waals surface area contributed by atoms with E-state index in [-0.39, 0.29) is 29.8 Å². The zero-order valence-electron chi connectivity index (χ0n) is 15.6. The predicted molar refractivity (Wildman–Crippen MR) is 96.7 cm³/mol. The van der Waals surface area contributed by atoms with Crippen molar-refractivity contribution in [1.29, 1.82) is 0 Å². The van der Waals surface area contributed by atoms with Gasteiger partial charge < -0.3 is 15.3 Å². The molecule has 0 saturated heterocycles. The fraction of sp³-hybridized carbons (Fsp3) is 0.526. The molecule has 1 atom stereocenters. The summed E-state index contributed by atoms with van der Waals surface area (Å²) in [7, 11) is 0. The molecule has 1 unspecified atom stereocenters. The number of carbonyl (C=O) groups is 3. The van der Waals surface area contributed by atoms with E-state index >= 15 is 0 Å². The summed E-state index contributed by atoms with van der Waals surface area (Å²) >= 11 is 0. The highest BCUT2D eigenvalue weighted by molar-refractivity contribution is 5.98. The van der Waals surface area contributed by atoms with E-state index in [0.717, 1.165) is 0 Å². The van der Waals surface area contributed by atoms with Crippen LogP contribution in [0.25, 0.3) is 0 Å². The van der Waals surface area contributed by atoms with Crippen LogP contribution in [-0.4, -0.2) is 46.9 Å². The molecule has 0 aliphatic rings. The Morgan fingerprint density at radius 2 is 1.64 bits per heavy atom. The Morgan fingerprint density at radius 1 is 1.12 bits per heavy atom. The van der Waals surface area contributed by atoms with Gasteiger partial charge in [-0.15, -0.1) is 0 Å². The van der Waals surface area contributed by atoms with Gasteiger partial charge in [-0.3, -0.25) is 14.4 Å². The average molecular weight is 348 g/mol. The van der Waals surface area contributed by atoms with Crippen molar-refractivity contribution in [3.63, 3.8) is 0 Å². The summed E-state index contributed by atoms with van der Waals surface area (Å²) in [6, 6.07) is 6.11. The van der Waals surface area contributed by atoms with Crippen LogP contribution in [0.5, 0.6) is 0 Å². The molecule has 0 aromatic heterocycles. The number of nitrogens with one attached hydrogen (secondary N) is 1. The number of carboxylic acid groups (broad SMARTS) is 1. The second kappa shape index (κ2) is 8.65. The number of amides is 2. The van der Waals surface area contributed by atoms with Gasteiger partial charge in [0.15, 0.2) is 0 Å². The molecule has 0 radical (unpaired) electrons. The maximum absolute atomic E-state index is 12.6. The third-order valence-corrected chi connectivity index (χ3v) is 3.86. The summed E-state index contributed by atoms with van der Waals surface area (Å²) in [5.41, 5.74) is 0.821. The third-order valence-electron chi connectivity index (χ3n) is 3.86. The molecule has 2 amide bonds. The molecule has 2 N–H and O–H groups in total. The summed E-state index contributed by atoms with van der Waals surface area (Å²) in [6.45, 7) is 10.0. The SMILES string of the molecule is CCC(C)N(CC(=O)O)C(=O)c1ccc(C(=O)NCC(C)(C)C)cc1. The number of carbonyl (C=O) groups excluding carboxylic acids is 2. The molecule has 0 saturated carbocycles. The molecular formula is C19H28N2O4. The maximum Gasteiger partial charge on any atom is 0.323 e. The van der Waals surface area contributed by atoms with Crippen LogP contribution in [0.2, 0.25) is 0 Å². The van der Waals surface area contributed by atoms with Crippen LogP contribution in [0, 0.1) is 5.41 Å². The third kappa shape index (κ3) is 6.57. The second-order valence-corrected chi connectivity index (χ2v) is 7.40. The molecule has 0 bridgehead atoms. The Hall–Kier alpha value is -2.37. The van der Waals surface area contributed by atoms with Crippen LogP contribution in [0.3, 0.4) is 0 Å². The van der Waals surface area contributed by atoms with E-state index < -0.39 is 5.97 Å². The van der Waals surface area contributed by atoms with Crippen molar-refractivity contribution in [2.75, 3.05) is 13.1 Å². The van der Waals surface area contributed by atoms with Crippen molar-refractivity contribution < 1.29 is 19.5 Å². The van der Waals surface area contributed by atoms with Gasteiger partial charge in [-0.2, -0.15) is 0 Å². The monoisotopic (exact) mass is 348 g/mol. The largest absolute Gasteiger partial charge is 0.480 e. The lowest BCUT2D eigenvalue weighted by Crippen LogP contribution is -2.41. The van der Waals surface area contributed by atoms with Gasteiger partial charge in [0.05, 0.1) is 0 Å². The number of hydrogen-bond donors (Lipinski definition) is 2. The number of rotatable bonds is 7. The van der Waals surface area contributed by atoms with Crippen molar-refractivity contribution in [3.8, 4) is 0 Å². The Morgan fingerprint density at radius 3 is 2.08 bits per heavy atom. The Kier molecular flexibility index (Phi) is 7.15. The van der Waals surface area contributed by atoms with Crippen LogP contribution >= 0.6 is 0 Å². The van der Waals surface area contributed by atoms with Crippen LogP contribution in [-0.2, 0) is 4.79 Å². The molecule has 1 aromatic rings. The topological polar surface area (TPSA) is 86.7 Å². The summed E-state index contributed by atoms with van der Waals surface area (Å²) in [4.78, 5) is 37.0. The maximum atomic E-state index is 12.6. The first-order valence-electron chi connectivity index (χ1n) is 8.46. The minimum atomic E-state index is -1.05. The lowest BCUT2D eigenvalue weighted by Gasteiger charge is -2.27. The highest BCUT2D eigenvalue weighted by Crippen LogP contribution is 2.14. The Bertz CT molecular complexity index is 617. The number of aliphatic carboxylic acids is 1. The summed E-state index contributed by atoms with van der Waals surface area (Å²) in [6.07, 6.45) is 0.659. The van der Waals surface area contributed by atoms with E-state index in [4.69, 9.17) is 5.11 Å².